The smallest absolute Gasteiger partial charge is 0.253 e. The Morgan fingerprint density at radius 2 is 1.68 bits per heavy atom. The van der Waals surface area contributed by atoms with Gasteiger partial charge in [0, 0.05) is 37.7 Å². The number of carbonyl (C=O) groups excluding carboxylic acids is 2. The molecule has 5 heteroatoms. The van der Waals surface area contributed by atoms with E-state index in [1.54, 1.807) is 0 Å². The summed E-state index contributed by atoms with van der Waals surface area (Å²) < 4.78 is 5.64. The van der Waals surface area contributed by atoms with Crippen molar-refractivity contribution in [3.8, 4) is 5.75 Å². The van der Waals surface area contributed by atoms with Gasteiger partial charge in [0.05, 0.1) is 6.61 Å². The van der Waals surface area contributed by atoms with Gasteiger partial charge in [0.25, 0.3) is 5.91 Å². The molecular weight excluding hydrogens is 316 g/mol. The van der Waals surface area contributed by atoms with Gasteiger partial charge in [0.15, 0.2) is 0 Å². The Kier molecular flexibility index (Phi) is 7.29. The Morgan fingerprint density at radius 3 is 2.32 bits per heavy atom. The average molecular weight is 346 g/mol. The normalized spacial score (nSPS) is 15.2. The van der Waals surface area contributed by atoms with Gasteiger partial charge < -0.3 is 14.5 Å². The molecule has 0 spiro atoms. The van der Waals surface area contributed by atoms with E-state index >= 15 is 0 Å². The number of ether oxygens (including phenoxy) is 1. The molecule has 25 heavy (non-hydrogen) atoms. The number of nitrogens with zero attached hydrogens (tertiary/aromatic N) is 2. The molecule has 0 saturated carbocycles. The molecule has 1 fully saturated rings. The molecule has 2 rings (SSSR count). The van der Waals surface area contributed by atoms with Crippen molar-refractivity contribution >= 4 is 11.8 Å². The van der Waals surface area contributed by atoms with E-state index in [-0.39, 0.29) is 17.7 Å². The van der Waals surface area contributed by atoms with Gasteiger partial charge in [-0.1, -0.05) is 27.2 Å². The molecule has 5 nitrogen and oxygen atoms in total. The summed E-state index contributed by atoms with van der Waals surface area (Å²) in [6.45, 7) is 9.28. The van der Waals surface area contributed by atoms with Crippen molar-refractivity contribution in [1.29, 1.82) is 0 Å². The lowest BCUT2D eigenvalue weighted by Gasteiger charge is -2.23. The number of rotatable bonds is 6. The number of amides is 2. The minimum Gasteiger partial charge on any atom is -0.494 e. The van der Waals surface area contributed by atoms with Gasteiger partial charge in [0.1, 0.15) is 5.75 Å². The van der Waals surface area contributed by atoms with Crippen molar-refractivity contribution in [3.05, 3.63) is 29.8 Å². The van der Waals surface area contributed by atoms with E-state index in [4.69, 9.17) is 4.74 Å². The first-order chi connectivity index (χ1) is 12.0. The SMILES string of the molecule is CCCCOc1ccc(C(=O)N2CCCN(C(=O)C(C)C)CC2)cc1. The predicted molar refractivity (Wildman–Crippen MR) is 98.8 cm³/mol. The van der Waals surface area contributed by atoms with Crippen LogP contribution in [0, 0.1) is 5.92 Å². The van der Waals surface area contributed by atoms with Crippen molar-refractivity contribution in [2.45, 2.75) is 40.0 Å². The minimum absolute atomic E-state index is 0.00232. The van der Waals surface area contributed by atoms with Gasteiger partial charge in [-0.25, -0.2) is 0 Å². The maximum atomic E-state index is 12.7. The van der Waals surface area contributed by atoms with E-state index in [2.05, 4.69) is 6.92 Å². The fraction of sp³-hybridized carbons (Fsp3) is 0.600. The minimum atomic E-state index is 0.00232. The van der Waals surface area contributed by atoms with Crippen LogP contribution in [-0.2, 0) is 4.79 Å². The first-order valence-electron chi connectivity index (χ1n) is 9.34. The molecule has 1 aromatic rings. The number of carbonyl (C=O) groups is 2. The lowest BCUT2D eigenvalue weighted by Crippen LogP contribution is -2.38. The maximum absolute atomic E-state index is 12.7. The average Bonchev–Trinajstić information content (AvgIpc) is 2.87. The molecule has 1 aromatic carbocycles. The molecule has 138 valence electrons. The van der Waals surface area contributed by atoms with Crippen LogP contribution in [0.2, 0.25) is 0 Å². The highest BCUT2D eigenvalue weighted by molar-refractivity contribution is 5.94. The second-order valence-electron chi connectivity index (χ2n) is 6.85. The number of hydrogen-bond acceptors (Lipinski definition) is 3. The molecular formula is C20H30N2O3. The van der Waals surface area contributed by atoms with Gasteiger partial charge in [-0.2, -0.15) is 0 Å². The predicted octanol–water partition coefficient (Wildman–Crippen LogP) is 3.20. The monoisotopic (exact) mass is 346 g/mol. The molecule has 1 aliphatic heterocycles. The van der Waals surface area contributed by atoms with Gasteiger partial charge in [-0.05, 0) is 37.1 Å². The fourth-order valence-electron chi connectivity index (χ4n) is 2.92. The molecule has 0 aliphatic carbocycles. The number of hydrogen-bond donors (Lipinski definition) is 0. The highest BCUT2D eigenvalue weighted by atomic mass is 16.5. The van der Waals surface area contributed by atoms with Crippen LogP contribution >= 0.6 is 0 Å². The quantitative estimate of drug-likeness (QED) is 0.743. The van der Waals surface area contributed by atoms with Gasteiger partial charge in [-0.3, -0.25) is 9.59 Å². The van der Waals surface area contributed by atoms with E-state index in [0.29, 0.717) is 31.8 Å². The molecule has 0 atom stereocenters. The summed E-state index contributed by atoms with van der Waals surface area (Å²) in [5.41, 5.74) is 0.673. The molecule has 2 amide bonds. The standard InChI is InChI=1S/C20H30N2O3/c1-4-5-15-25-18-9-7-17(8-10-18)20(24)22-12-6-11-21(13-14-22)19(23)16(2)3/h7-10,16H,4-6,11-15H2,1-3H3. The summed E-state index contributed by atoms with van der Waals surface area (Å²) in [5.74, 6) is 0.999. The summed E-state index contributed by atoms with van der Waals surface area (Å²) in [6.07, 6.45) is 2.95. The highest BCUT2D eigenvalue weighted by Gasteiger charge is 2.23. The molecule has 0 bridgehead atoms. The molecule has 0 aromatic heterocycles. The van der Waals surface area contributed by atoms with Crippen molar-refractivity contribution < 1.29 is 14.3 Å². The zero-order chi connectivity index (χ0) is 18.2. The summed E-state index contributed by atoms with van der Waals surface area (Å²) in [4.78, 5) is 28.6. The van der Waals surface area contributed by atoms with Crippen LogP contribution in [0.15, 0.2) is 24.3 Å². The largest absolute Gasteiger partial charge is 0.494 e. The second kappa shape index (κ2) is 9.44. The maximum Gasteiger partial charge on any atom is 0.253 e. The van der Waals surface area contributed by atoms with Crippen LogP contribution < -0.4 is 4.74 Å². The third-order valence-electron chi connectivity index (χ3n) is 4.46. The lowest BCUT2D eigenvalue weighted by atomic mass is 10.2. The van der Waals surface area contributed by atoms with Crippen molar-refractivity contribution in [3.63, 3.8) is 0 Å². The van der Waals surface area contributed by atoms with Crippen LogP contribution in [0.4, 0.5) is 0 Å². The Balaban J connectivity index is 1.92. The lowest BCUT2D eigenvalue weighted by molar-refractivity contribution is -0.134. The van der Waals surface area contributed by atoms with Crippen LogP contribution in [-0.4, -0.2) is 54.4 Å². The summed E-state index contributed by atoms with van der Waals surface area (Å²) in [5, 5.41) is 0. The van der Waals surface area contributed by atoms with Crippen molar-refractivity contribution in [2.24, 2.45) is 5.92 Å². The summed E-state index contributed by atoms with van der Waals surface area (Å²) in [6, 6.07) is 7.36. The van der Waals surface area contributed by atoms with Crippen molar-refractivity contribution in [2.75, 3.05) is 32.8 Å². The summed E-state index contributed by atoms with van der Waals surface area (Å²) >= 11 is 0. The Bertz CT molecular complexity index is 569. The Labute approximate surface area is 150 Å². The van der Waals surface area contributed by atoms with E-state index in [9.17, 15) is 9.59 Å². The van der Waals surface area contributed by atoms with Gasteiger partial charge in [-0.15, -0.1) is 0 Å². The van der Waals surface area contributed by atoms with Crippen LogP contribution in [0.3, 0.4) is 0 Å². The molecule has 0 unspecified atom stereocenters. The topological polar surface area (TPSA) is 49.9 Å². The van der Waals surface area contributed by atoms with Crippen LogP contribution in [0.25, 0.3) is 0 Å². The second-order valence-corrected chi connectivity index (χ2v) is 6.85. The van der Waals surface area contributed by atoms with E-state index in [0.717, 1.165) is 31.6 Å². The van der Waals surface area contributed by atoms with E-state index in [1.807, 2.05) is 47.9 Å². The van der Waals surface area contributed by atoms with Crippen LogP contribution in [0.5, 0.6) is 5.75 Å². The van der Waals surface area contributed by atoms with Gasteiger partial charge >= 0.3 is 0 Å². The van der Waals surface area contributed by atoms with Crippen molar-refractivity contribution in [1.82, 2.24) is 9.80 Å². The fourth-order valence-corrected chi connectivity index (χ4v) is 2.92. The Morgan fingerprint density at radius 1 is 1.04 bits per heavy atom. The number of unbranched alkanes of at least 4 members (excludes halogenated alkanes) is 1. The third kappa shape index (κ3) is 5.48. The zero-order valence-corrected chi connectivity index (χ0v) is 15.7. The summed E-state index contributed by atoms with van der Waals surface area (Å²) in [7, 11) is 0. The molecule has 0 N–H and O–H groups in total. The first-order valence-corrected chi connectivity index (χ1v) is 9.34. The van der Waals surface area contributed by atoms with Gasteiger partial charge in [0.2, 0.25) is 5.91 Å². The van der Waals surface area contributed by atoms with E-state index in [1.165, 1.54) is 0 Å². The number of benzene rings is 1. The molecule has 1 saturated heterocycles. The van der Waals surface area contributed by atoms with E-state index < -0.39 is 0 Å². The zero-order valence-electron chi connectivity index (χ0n) is 15.7. The molecule has 0 radical (unpaired) electrons. The first kappa shape index (κ1) is 19.3. The Hall–Kier alpha value is -2.04. The molecule has 1 aliphatic rings. The molecule has 1 heterocycles. The highest BCUT2D eigenvalue weighted by Crippen LogP contribution is 2.16. The van der Waals surface area contributed by atoms with Crippen LogP contribution in [0.1, 0.15) is 50.4 Å². The third-order valence-corrected chi connectivity index (χ3v) is 4.46.